The van der Waals surface area contributed by atoms with Crippen molar-refractivity contribution < 1.29 is 9.59 Å². The molecule has 3 rings (SSSR count). The van der Waals surface area contributed by atoms with Gasteiger partial charge in [-0.1, -0.05) is 11.6 Å². The largest absolute Gasteiger partial charge is 0.272 e. The van der Waals surface area contributed by atoms with Gasteiger partial charge in [-0.05, 0) is 37.3 Å². The van der Waals surface area contributed by atoms with Crippen LogP contribution in [0.1, 0.15) is 26.4 Å². The number of carbonyl (C=O) groups is 2. The van der Waals surface area contributed by atoms with Gasteiger partial charge in [-0.15, -0.1) is 0 Å². The molecule has 0 spiro atoms. The van der Waals surface area contributed by atoms with E-state index < -0.39 is 11.8 Å². The fraction of sp³-hybridized carbons (Fsp3) is 0.0714. The van der Waals surface area contributed by atoms with Gasteiger partial charge in [-0.25, -0.2) is 4.98 Å². The van der Waals surface area contributed by atoms with Gasteiger partial charge in [0.05, 0.1) is 17.3 Å². The van der Waals surface area contributed by atoms with Gasteiger partial charge in [0.1, 0.15) is 16.2 Å². The van der Waals surface area contributed by atoms with Crippen LogP contribution in [0.4, 0.5) is 0 Å². The van der Waals surface area contributed by atoms with Gasteiger partial charge >= 0.3 is 0 Å². The van der Waals surface area contributed by atoms with Crippen molar-refractivity contribution in [3.63, 3.8) is 0 Å². The number of hydrogen-bond acceptors (Lipinski definition) is 6. The number of halogens is 1. The third-order valence-corrected chi connectivity index (χ3v) is 3.88. The minimum Gasteiger partial charge on any atom is -0.267 e. The Balaban J connectivity index is 1.69. The first kappa shape index (κ1) is 15.3. The molecule has 2 N–H and O–H groups in total. The third kappa shape index (κ3) is 3.27. The Labute approximate surface area is 140 Å². The zero-order valence-electron chi connectivity index (χ0n) is 11.8. The lowest BCUT2D eigenvalue weighted by molar-refractivity contribution is 0.0846. The second-order valence-corrected chi connectivity index (χ2v) is 5.55. The van der Waals surface area contributed by atoms with E-state index >= 15 is 0 Å². The monoisotopic (exact) mass is 347 g/mol. The zero-order chi connectivity index (χ0) is 16.4. The van der Waals surface area contributed by atoms with Crippen LogP contribution in [0.2, 0.25) is 5.15 Å². The van der Waals surface area contributed by atoms with E-state index in [1.807, 2.05) is 0 Å². The summed E-state index contributed by atoms with van der Waals surface area (Å²) in [6, 6.07) is 8.09. The number of aromatic nitrogens is 3. The SMILES string of the molecule is Cc1ccc(C(=O)NNC(=O)c2ccc3nsnc3c2)c(Cl)n1. The molecule has 1 aromatic carbocycles. The lowest BCUT2D eigenvalue weighted by atomic mass is 10.2. The van der Waals surface area contributed by atoms with Gasteiger partial charge in [0.15, 0.2) is 0 Å². The van der Waals surface area contributed by atoms with Crippen LogP contribution in [-0.4, -0.2) is 25.5 Å². The van der Waals surface area contributed by atoms with E-state index in [9.17, 15) is 9.59 Å². The molecule has 0 aliphatic carbocycles. The number of benzene rings is 1. The van der Waals surface area contributed by atoms with E-state index in [2.05, 4.69) is 24.6 Å². The van der Waals surface area contributed by atoms with Crippen LogP contribution in [0.15, 0.2) is 30.3 Å². The van der Waals surface area contributed by atoms with Gasteiger partial charge in [0.2, 0.25) is 0 Å². The van der Waals surface area contributed by atoms with Crippen molar-refractivity contribution in [3.8, 4) is 0 Å². The van der Waals surface area contributed by atoms with Crippen molar-refractivity contribution in [3.05, 3.63) is 52.3 Å². The standard InChI is InChI=1S/C14H10ClN5O2S/c1-7-2-4-9(12(15)16-7)14(22)18-17-13(21)8-3-5-10-11(6-8)20-23-19-10/h2-6H,1H3,(H,17,21)(H,18,22). The molecule has 0 saturated carbocycles. The van der Waals surface area contributed by atoms with Crippen molar-refractivity contribution >= 4 is 46.2 Å². The van der Waals surface area contributed by atoms with Crippen LogP contribution in [0, 0.1) is 6.92 Å². The predicted octanol–water partition coefficient (Wildman–Crippen LogP) is 2.12. The van der Waals surface area contributed by atoms with Crippen molar-refractivity contribution in [1.82, 2.24) is 24.6 Å². The molecule has 0 fully saturated rings. The van der Waals surface area contributed by atoms with Crippen LogP contribution < -0.4 is 10.9 Å². The summed E-state index contributed by atoms with van der Waals surface area (Å²) in [4.78, 5) is 28.1. The first-order valence-corrected chi connectivity index (χ1v) is 7.61. The highest BCUT2D eigenvalue weighted by molar-refractivity contribution is 7.00. The normalized spacial score (nSPS) is 10.5. The number of nitrogens with one attached hydrogen (secondary N) is 2. The second-order valence-electron chi connectivity index (χ2n) is 4.67. The van der Waals surface area contributed by atoms with Crippen LogP contribution in [-0.2, 0) is 0 Å². The number of rotatable bonds is 2. The maximum absolute atomic E-state index is 12.1. The summed E-state index contributed by atoms with van der Waals surface area (Å²) < 4.78 is 8.12. The Morgan fingerprint density at radius 3 is 2.57 bits per heavy atom. The third-order valence-electron chi connectivity index (χ3n) is 3.04. The highest BCUT2D eigenvalue weighted by atomic mass is 35.5. The summed E-state index contributed by atoms with van der Waals surface area (Å²) in [7, 11) is 0. The number of nitrogens with zero attached hydrogens (tertiary/aromatic N) is 3. The van der Waals surface area contributed by atoms with Crippen LogP contribution in [0.25, 0.3) is 11.0 Å². The van der Waals surface area contributed by atoms with Crippen LogP contribution >= 0.6 is 23.3 Å². The molecule has 0 radical (unpaired) electrons. The average molecular weight is 348 g/mol. The van der Waals surface area contributed by atoms with Crippen molar-refractivity contribution in [2.75, 3.05) is 0 Å². The fourth-order valence-corrected chi connectivity index (χ4v) is 2.67. The number of aryl methyl sites for hydroxylation is 1. The molecule has 116 valence electrons. The van der Waals surface area contributed by atoms with Gasteiger partial charge in [-0.2, -0.15) is 8.75 Å². The quantitative estimate of drug-likeness (QED) is 0.546. The minimum atomic E-state index is -0.549. The summed E-state index contributed by atoms with van der Waals surface area (Å²) in [6.07, 6.45) is 0. The maximum Gasteiger partial charge on any atom is 0.272 e. The van der Waals surface area contributed by atoms with Crippen molar-refractivity contribution in [2.24, 2.45) is 0 Å². The lowest BCUT2D eigenvalue weighted by Gasteiger charge is -2.08. The van der Waals surface area contributed by atoms with Gasteiger partial charge in [0.25, 0.3) is 11.8 Å². The number of pyridine rings is 1. The molecule has 23 heavy (non-hydrogen) atoms. The molecular weight excluding hydrogens is 338 g/mol. The Morgan fingerprint density at radius 1 is 1.04 bits per heavy atom. The number of hydrazine groups is 1. The van der Waals surface area contributed by atoms with Crippen molar-refractivity contribution in [1.29, 1.82) is 0 Å². The second kappa shape index (κ2) is 6.27. The van der Waals surface area contributed by atoms with Crippen LogP contribution in [0.5, 0.6) is 0 Å². The summed E-state index contributed by atoms with van der Waals surface area (Å²) in [5.74, 6) is -1.02. The first-order valence-electron chi connectivity index (χ1n) is 6.51. The van der Waals surface area contributed by atoms with E-state index in [4.69, 9.17) is 11.6 Å². The molecular formula is C14H10ClN5O2S. The number of carbonyl (C=O) groups excluding carboxylic acids is 2. The Morgan fingerprint density at radius 2 is 1.78 bits per heavy atom. The molecule has 0 unspecified atom stereocenters. The van der Waals surface area contributed by atoms with Gasteiger partial charge in [-0.3, -0.25) is 20.4 Å². The van der Waals surface area contributed by atoms with Crippen molar-refractivity contribution in [2.45, 2.75) is 6.92 Å². The van der Waals surface area contributed by atoms with E-state index in [1.54, 1.807) is 37.3 Å². The van der Waals surface area contributed by atoms with E-state index in [-0.39, 0.29) is 10.7 Å². The smallest absolute Gasteiger partial charge is 0.267 e. The molecule has 0 aliphatic heterocycles. The number of amides is 2. The summed E-state index contributed by atoms with van der Waals surface area (Å²) >= 11 is 6.98. The molecule has 0 bridgehead atoms. The Hall–Kier alpha value is -2.58. The molecule has 2 heterocycles. The summed E-state index contributed by atoms with van der Waals surface area (Å²) in [5.41, 5.74) is 7.20. The molecule has 0 aliphatic rings. The molecule has 7 nitrogen and oxygen atoms in total. The summed E-state index contributed by atoms with van der Waals surface area (Å²) in [5, 5.41) is 0.0757. The molecule has 2 aromatic heterocycles. The minimum absolute atomic E-state index is 0.0757. The number of hydrogen-bond donors (Lipinski definition) is 2. The van der Waals surface area contributed by atoms with Crippen LogP contribution in [0.3, 0.4) is 0 Å². The molecule has 0 saturated heterocycles. The molecule has 0 atom stereocenters. The lowest BCUT2D eigenvalue weighted by Crippen LogP contribution is -2.41. The topological polar surface area (TPSA) is 96.9 Å². The van der Waals surface area contributed by atoms with Gasteiger partial charge < -0.3 is 0 Å². The van der Waals surface area contributed by atoms with Gasteiger partial charge in [0, 0.05) is 11.3 Å². The van der Waals surface area contributed by atoms with E-state index in [0.717, 1.165) is 11.7 Å². The molecule has 3 aromatic rings. The summed E-state index contributed by atoms with van der Waals surface area (Å²) in [6.45, 7) is 1.76. The highest BCUT2D eigenvalue weighted by Gasteiger charge is 2.13. The van der Waals surface area contributed by atoms with E-state index in [1.165, 1.54) is 0 Å². The average Bonchev–Trinajstić information content (AvgIpc) is 2.99. The number of fused-ring (bicyclic) bond motifs is 1. The fourth-order valence-electron chi connectivity index (χ4n) is 1.87. The van der Waals surface area contributed by atoms with E-state index in [0.29, 0.717) is 22.3 Å². The maximum atomic E-state index is 12.1. The zero-order valence-corrected chi connectivity index (χ0v) is 13.4. The Kier molecular flexibility index (Phi) is 4.18. The first-order chi connectivity index (χ1) is 11.0. The molecule has 2 amide bonds. The molecule has 9 heteroatoms. The highest BCUT2D eigenvalue weighted by Crippen LogP contribution is 2.14. The predicted molar refractivity (Wildman–Crippen MR) is 86.3 cm³/mol. The Bertz CT molecular complexity index is 911.